The van der Waals surface area contributed by atoms with Gasteiger partial charge in [-0.1, -0.05) is 34.1 Å². The summed E-state index contributed by atoms with van der Waals surface area (Å²) in [6.45, 7) is 1.93. The predicted molar refractivity (Wildman–Crippen MR) is 63.9 cm³/mol. The summed E-state index contributed by atoms with van der Waals surface area (Å²) in [6, 6.07) is 8.46. The molecule has 0 saturated heterocycles. The maximum Gasteiger partial charge on any atom is 0.295 e. The molecule has 1 heterocycles. The van der Waals surface area contributed by atoms with Gasteiger partial charge in [-0.15, -0.1) is 0 Å². The van der Waals surface area contributed by atoms with Crippen LogP contribution in [-0.2, 0) is 0 Å². The number of hydrogen-bond acceptors (Lipinski definition) is 3. The van der Waals surface area contributed by atoms with Crippen molar-refractivity contribution in [3.8, 4) is 11.3 Å². The zero-order chi connectivity index (χ0) is 10.8. The van der Waals surface area contributed by atoms with E-state index in [0.717, 1.165) is 21.5 Å². The van der Waals surface area contributed by atoms with Crippen molar-refractivity contribution < 1.29 is 4.42 Å². The van der Waals surface area contributed by atoms with Gasteiger partial charge in [0.05, 0.1) is 5.69 Å². The minimum atomic E-state index is 0.540. The van der Waals surface area contributed by atoms with E-state index in [0.29, 0.717) is 6.01 Å². The van der Waals surface area contributed by atoms with Gasteiger partial charge in [0.25, 0.3) is 6.01 Å². The lowest BCUT2D eigenvalue weighted by molar-refractivity contribution is 0.588. The van der Waals surface area contributed by atoms with E-state index < -0.39 is 0 Å². The molecule has 2 aromatic rings. The minimum absolute atomic E-state index is 0.540. The summed E-state index contributed by atoms with van der Waals surface area (Å²) in [5.41, 5.74) is 1.90. The van der Waals surface area contributed by atoms with Gasteiger partial charge in [0.2, 0.25) is 0 Å². The number of halogens is 1. The predicted octanol–water partition coefficient (Wildman–Crippen LogP) is 3.45. The average molecular weight is 267 g/mol. The first kappa shape index (κ1) is 10.2. The maximum absolute atomic E-state index is 5.58. The molecule has 0 aliphatic carbocycles. The van der Waals surface area contributed by atoms with Gasteiger partial charge in [0, 0.05) is 17.1 Å². The van der Waals surface area contributed by atoms with Gasteiger partial charge in [-0.05, 0) is 13.0 Å². The zero-order valence-corrected chi connectivity index (χ0v) is 10.1. The molecule has 1 aromatic heterocycles. The highest BCUT2D eigenvalue weighted by Gasteiger charge is 2.12. The van der Waals surface area contributed by atoms with Crippen molar-refractivity contribution in [2.24, 2.45) is 0 Å². The third-order valence-corrected chi connectivity index (χ3v) is 2.82. The molecule has 0 spiro atoms. The van der Waals surface area contributed by atoms with E-state index >= 15 is 0 Å². The SMILES string of the molecule is CNc1nc(C)c(-c2ccccc2Br)o1. The standard InChI is InChI=1S/C11H11BrN2O/c1-7-10(15-11(13-2)14-7)8-5-3-4-6-9(8)12/h3-6H,1-2H3,(H,13,14). The van der Waals surface area contributed by atoms with Gasteiger partial charge in [-0.25, -0.2) is 0 Å². The Balaban J connectivity index is 2.54. The van der Waals surface area contributed by atoms with Crippen molar-refractivity contribution in [3.05, 3.63) is 34.4 Å². The molecule has 0 amide bonds. The molecule has 15 heavy (non-hydrogen) atoms. The molecule has 0 saturated carbocycles. The molecule has 1 N–H and O–H groups in total. The molecule has 4 heteroatoms. The average Bonchev–Trinajstić information content (AvgIpc) is 2.60. The highest BCUT2D eigenvalue weighted by Crippen LogP contribution is 2.31. The number of nitrogens with zero attached hydrogens (tertiary/aromatic N) is 1. The van der Waals surface area contributed by atoms with Crippen molar-refractivity contribution >= 4 is 21.9 Å². The number of hydrogen-bond donors (Lipinski definition) is 1. The van der Waals surface area contributed by atoms with Crippen molar-refractivity contribution in [2.75, 3.05) is 12.4 Å². The molecule has 0 bridgehead atoms. The molecular formula is C11H11BrN2O. The van der Waals surface area contributed by atoms with E-state index in [1.54, 1.807) is 7.05 Å². The van der Waals surface area contributed by atoms with Gasteiger partial charge in [-0.2, -0.15) is 4.98 Å². The van der Waals surface area contributed by atoms with Crippen molar-refractivity contribution in [1.82, 2.24) is 4.98 Å². The van der Waals surface area contributed by atoms with Crippen LogP contribution in [0.1, 0.15) is 5.69 Å². The van der Waals surface area contributed by atoms with Crippen molar-refractivity contribution in [2.45, 2.75) is 6.92 Å². The third kappa shape index (κ3) is 1.90. The highest BCUT2D eigenvalue weighted by molar-refractivity contribution is 9.10. The first-order chi connectivity index (χ1) is 7.22. The number of nitrogens with one attached hydrogen (secondary N) is 1. The summed E-state index contributed by atoms with van der Waals surface area (Å²) in [5.74, 6) is 0.798. The molecule has 3 nitrogen and oxygen atoms in total. The van der Waals surface area contributed by atoms with E-state index in [4.69, 9.17) is 4.42 Å². The van der Waals surface area contributed by atoms with Crippen molar-refractivity contribution in [1.29, 1.82) is 0 Å². The largest absolute Gasteiger partial charge is 0.423 e. The smallest absolute Gasteiger partial charge is 0.295 e. The second kappa shape index (κ2) is 4.06. The lowest BCUT2D eigenvalue weighted by atomic mass is 10.1. The Morgan fingerprint density at radius 3 is 2.67 bits per heavy atom. The first-order valence-electron chi connectivity index (χ1n) is 4.62. The van der Waals surface area contributed by atoms with Crippen LogP contribution >= 0.6 is 15.9 Å². The number of oxazole rings is 1. The summed E-state index contributed by atoms with van der Waals surface area (Å²) >= 11 is 3.49. The number of rotatable bonds is 2. The zero-order valence-electron chi connectivity index (χ0n) is 8.54. The molecule has 0 unspecified atom stereocenters. The van der Waals surface area contributed by atoms with Gasteiger partial charge < -0.3 is 9.73 Å². The van der Waals surface area contributed by atoms with E-state index in [1.165, 1.54) is 0 Å². The van der Waals surface area contributed by atoms with Crippen LogP contribution in [0.25, 0.3) is 11.3 Å². The quantitative estimate of drug-likeness (QED) is 0.905. The Labute approximate surface area is 96.6 Å². The van der Waals surface area contributed by atoms with E-state index in [2.05, 4.69) is 26.2 Å². The Bertz CT molecular complexity index is 479. The highest BCUT2D eigenvalue weighted by atomic mass is 79.9. The maximum atomic E-state index is 5.58. The summed E-state index contributed by atoms with van der Waals surface area (Å²) in [7, 11) is 1.79. The first-order valence-corrected chi connectivity index (χ1v) is 5.41. The Hall–Kier alpha value is -1.29. The van der Waals surface area contributed by atoms with Gasteiger partial charge >= 0.3 is 0 Å². The molecule has 0 atom stereocenters. The topological polar surface area (TPSA) is 38.1 Å². The molecular weight excluding hydrogens is 256 g/mol. The fraction of sp³-hybridized carbons (Fsp3) is 0.182. The van der Waals surface area contributed by atoms with Crippen LogP contribution in [0, 0.1) is 6.92 Å². The minimum Gasteiger partial charge on any atom is -0.423 e. The molecule has 1 aromatic carbocycles. The second-order valence-electron chi connectivity index (χ2n) is 3.16. The van der Waals surface area contributed by atoms with Gasteiger partial charge in [-0.3, -0.25) is 0 Å². The van der Waals surface area contributed by atoms with Crippen LogP contribution in [0.2, 0.25) is 0 Å². The molecule has 0 aliphatic rings. The van der Waals surface area contributed by atoms with E-state index in [-0.39, 0.29) is 0 Å². The molecule has 0 aliphatic heterocycles. The summed E-state index contributed by atoms with van der Waals surface area (Å²) in [5, 5.41) is 2.88. The summed E-state index contributed by atoms with van der Waals surface area (Å²) in [4.78, 5) is 4.25. The fourth-order valence-electron chi connectivity index (χ4n) is 1.40. The van der Waals surface area contributed by atoms with Crippen molar-refractivity contribution in [3.63, 3.8) is 0 Å². The van der Waals surface area contributed by atoms with E-state index in [9.17, 15) is 0 Å². The number of aryl methyl sites for hydroxylation is 1. The number of benzene rings is 1. The normalized spacial score (nSPS) is 10.3. The van der Waals surface area contributed by atoms with Gasteiger partial charge in [0.15, 0.2) is 5.76 Å². The number of aromatic nitrogens is 1. The van der Waals surface area contributed by atoms with Crippen LogP contribution in [0.5, 0.6) is 0 Å². The van der Waals surface area contributed by atoms with Crippen LogP contribution < -0.4 is 5.32 Å². The van der Waals surface area contributed by atoms with Crippen LogP contribution in [0.4, 0.5) is 6.01 Å². The Morgan fingerprint density at radius 1 is 1.33 bits per heavy atom. The monoisotopic (exact) mass is 266 g/mol. The lowest BCUT2D eigenvalue weighted by Gasteiger charge is -2.00. The third-order valence-electron chi connectivity index (χ3n) is 2.13. The number of anilines is 1. The molecule has 0 radical (unpaired) electrons. The second-order valence-corrected chi connectivity index (χ2v) is 4.02. The molecule has 2 rings (SSSR count). The summed E-state index contributed by atoms with van der Waals surface area (Å²) < 4.78 is 6.58. The lowest BCUT2D eigenvalue weighted by Crippen LogP contribution is -1.85. The van der Waals surface area contributed by atoms with E-state index in [1.807, 2.05) is 31.2 Å². The van der Waals surface area contributed by atoms with Crippen LogP contribution in [0.15, 0.2) is 33.2 Å². The van der Waals surface area contributed by atoms with Crippen LogP contribution in [-0.4, -0.2) is 12.0 Å². The van der Waals surface area contributed by atoms with Gasteiger partial charge in [0.1, 0.15) is 0 Å². The summed E-state index contributed by atoms with van der Waals surface area (Å²) in [6.07, 6.45) is 0. The Morgan fingerprint density at radius 2 is 2.07 bits per heavy atom. The molecule has 78 valence electrons. The fourth-order valence-corrected chi connectivity index (χ4v) is 1.86. The Kier molecular flexibility index (Phi) is 2.77. The molecule has 0 fully saturated rings. The van der Waals surface area contributed by atoms with Crippen LogP contribution in [0.3, 0.4) is 0 Å².